The van der Waals surface area contributed by atoms with Crippen molar-refractivity contribution in [3.63, 3.8) is 0 Å². The average molecular weight is 166 g/mol. The maximum Gasteiger partial charge on any atom is 0.0929 e. The fourth-order valence-electron chi connectivity index (χ4n) is 1.18. The summed E-state index contributed by atoms with van der Waals surface area (Å²) in [4.78, 5) is 4.09. The van der Waals surface area contributed by atoms with Gasteiger partial charge in [0.1, 0.15) is 0 Å². The minimum atomic E-state index is -0.585. The van der Waals surface area contributed by atoms with Crippen LogP contribution < -0.4 is 5.73 Å². The van der Waals surface area contributed by atoms with E-state index in [0.29, 0.717) is 0 Å². The van der Waals surface area contributed by atoms with Gasteiger partial charge in [-0.25, -0.2) is 0 Å². The van der Waals surface area contributed by atoms with Gasteiger partial charge in [-0.05, 0) is 25.5 Å². The molecule has 0 saturated carbocycles. The van der Waals surface area contributed by atoms with Gasteiger partial charge in [-0.3, -0.25) is 4.98 Å². The van der Waals surface area contributed by atoms with Crippen LogP contribution >= 0.6 is 0 Å². The number of rotatable bonds is 2. The van der Waals surface area contributed by atoms with Crippen molar-refractivity contribution in [3.8, 4) is 0 Å². The van der Waals surface area contributed by atoms with Gasteiger partial charge in [0.25, 0.3) is 0 Å². The average Bonchev–Trinajstić information content (AvgIpc) is 2.03. The molecule has 1 aromatic heterocycles. The molecule has 0 aliphatic rings. The van der Waals surface area contributed by atoms with Gasteiger partial charge in [0.05, 0.1) is 6.10 Å². The zero-order valence-corrected chi connectivity index (χ0v) is 7.41. The van der Waals surface area contributed by atoms with Crippen LogP contribution in [0.15, 0.2) is 12.3 Å². The van der Waals surface area contributed by atoms with E-state index in [-0.39, 0.29) is 6.54 Å². The number of pyridine rings is 1. The summed E-state index contributed by atoms with van der Waals surface area (Å²) < 4.78 is 0. The third-order valence-electron chi connectivity index (χ3n) is 1.87. The minimum Gasteiger partial charge on any atom is -0.387 e. The van der Waals surface area contributed by atoms with Crippen LogP contribution in [-0.2, 0) is 0 Å². The minimum absolute atomic E-state index is 0.242. The standard InChI is InChI=1S/C9H14N2O/c1-6-3-7(2)11-5-8(6)9(12)4-10/h3,5,9,12H,4,10H2,1-2H3. The normalized spacial score (nSPS) is 13.0. The van der Waals surface area contributed by atoms with Gasteiger partial charge in [0, 0.05) is 24.0 Å². The first-order valence-electron chi connectivity index (χ1n) is 3.96. The monoisotopic (exact) mass is 166 g/mol. The maximum atomic E-state index is 9.44. The predicted molar refractivity (Wildman–Crippen MR) is 47.7 cm³/mol. The molecule has 12 heavy (non-hydrogen) atoms. The van der Waals surface area contributed by atoms with Crippen LogP contribution in [0.1, 0.15) is 22.9 Å². The molecule has 0 saturated heterocycles. The van der Waals surface area contributed by atoms with Gasteiger partial charge in [0.15, 0.2) is 0 Å². The summed E-state index contributed by atoms with van der Waals surface area (Å²) in [5.41, 5.74) is 8.16. The number of aromatic nitrogens is 1. The number of aliphatic hydroxyl groups excluding tert-OH is 1. The second-order valence-electron chi connectivity index (χ2n) is 2.93. The number of hydrogen-bond donors (Lipinski definition) is 2. The van der Waals surface area contributed by atoms with Crippen LogP contribution in [0, 0.1) is 13.8 Å². The zero-order valence-electron chi connectivity index (χ0n) is 7.41. The lowest BCUT2D eigenvalue weighted by atomic mass is 10.1. The predicted octanol–water partition coefficient (Wildman–Crippen LogP) is 0.691. The summed E-state index contributed by atoms with van der Waals surface area (Å²) in [5.74, 6) is 0. The van der Waals surface area contributed by atoms with Crippen LogP contribution in [0.2, 0.25) is 0 Å². The Kier molecular flexibility index (Phi) is 2.78. The smallest absolute Gasteiger partial charge is 0.0929 e. The van der Waals surface area contributed by atoms with Crippen molar-refractivity contribution < 1.29 is 5.11 Å². The Hall–Kier alpha value is -0.930. The third kappa shape index (κ3) is 1.81. The molecule has 0 spiro atoms. The lowest BCUT2D eigenvalue weighted by molar-refractivity contribution is 0.185. The van der Waals surface area contributed by atoms with Crippen molar-refractivity contribution in [2.24, 2.45) is 5.73 Å². The Morgan fingerprint density at radius 2 is 2.25 bits per heavy atom. The number of nitrogens with zero attached hydrogens (tertiary/aromatic N) is 1. The molecule has 1 rings (SSSR count). The summed E-state index contributed by atoms with van der Waals surface area (Å²) in [7, 11) is 0. The number of aryl methyl sites for hydroxylation is 2. The van der Waals surface area contributed by atoms with Gasteiger partial charge in [-0.2, -0.15) is 0 Å². The van der Waals surface area contributed by atoms with Gasteiger partial charge in [0.2, 0.25) is 0 Å². The van der Waals surface area contributed by atoms with Crippen molar-refractivity contribution in [3.05, 3.63) is 29.1 Å². The Labute approximate surface area is 72.2 Å². The van der Waals surface area contributed by atoms with Crippen molar-refractivity contribution in [1.82, 2.24) is 4.98 Å². The summed E-state index contributed by atoms with van der Waals surface area (Å²) in [6, 6.07) is 1.94. The Bertz CT molecular complexity index is 273. The molecule has 0 bridgehead atoms. The molecular formula is C9H14N2O. The molecule has 3 N–H and O–H groups in total. The Morgan fingerprint density at radius 1 is 1.58 bits per heavy atom. The van der Waals surface area contributed by atoms with Crippen LogP contribution in [0.25, 0.3) is 0 Å². The molecule has 1 aromatic rings. The van der Waals surface area contributed by atoms with Gasteiger partial charge >= 0.3 is 0 Å². The van der Waals surface area contributed by atoms with Crippen LogP contribution in [-0.4, -0.2) is 16.6 Å². The summed E-state index contributed by atoms with van der Waals surface area (Å²) >= 11 is 0. The Morgan fingerprint density at radius 3 is 2.75 bits per heavy atom. The summed E-state index contributed by atoms with van der Waals surface area (Å²) in [6.45, 7) is 4.11. The lowest BCUT2D eigenvalue weighted by Gasteiger charge is -2.10. The molecule has 3 nitrogen and oxygen atoms in total. The molecule has 0 aliphatic carbocycles. The van der Waals surface area contributed by atoms with Crippen LogP contribution in [0.5, 0.6) is 0 Å². The first-order valence-corrected chi connectivity index (χ1v) is 3.96. The van der Waals surface area contributed by atoms with Gasteiger partial charge < -0.3 is 10.8 Å². The highest BCUT2D eigenvalue weighted by Crippen LogP contribution is 2.15. The SMILES string of the molecule is Cc1cc(C)c(C(O)CN)cn1. The lowest BCUT2D eigenvalue weighted by Crippen LogP contribution is -2.13. The Balaban J connectivity index is 3.01. The molecule has 0 aliphatic heterocycles. The molecule has 0 radical (unpaired) electrons. The third-order valence-corrected chi connectivity index (χ3v) is 1.87. The second-order valence-corrected chi connectivity index (χ2v) is 2.93. The number of hydrogen-bond acceptors (Lipinski definition) is 3. The van der Waals surface area contributed by atoms with Gasteiger partial charge in [-0.1, -0.05) is 0 Å². The molecule has 0 aromatic carbocycles. The van der Waals surface area contributed by atoms with E-state index in [2.05, 4.69) is 4.98 Å². The molecular weight excluding hydrogens is 152 g/mol. The summed E-state index contributed by atoms with van der Waals surface area (Å²) in [6.07, 6.45) is 1.10. The van der Waals surface area contributed by atoms with E-state index in [1.165, 1.54) is 0 Å². The van der Waals surface area contributed by atoms with Gasteiger partial charge in [-0.15, -0.1) is 0 Å². The molecule has 0 amide bonds. The van der Waals surface area contributed by atoms with E-state index in [4.69, 9.17) is 5.73 Å². The van der Waals surface area contributed by atoms with E-state index in [1.54, 1.807) is 6.20 Å². The molecule has 3 heteroatoms. The number of nitrogens with two attached hydrogens (primary N) is 1. The van der Waals surface area contributed by atoms with E-state index in [9.17, 15) is 5.11 Å². The van der Waals surface area contributed by atoms with Crippen molar-refractivity contribution in [2.75, 3.05) is 6.54 Å². The van der Waals surface area contributed by atoms with Crippen LogP contribution in [0.4, 0.5) is 0 Å². The second kappa shape index (κ2) is 3.65. The first-order chi connectivity index (χ1) is 5.65. The van der Waals surface area contributed by atoms with E-state index in [0.717, 1.165) is 16.8 Å². The fraction of sp³-hybridized carbons (Fsp3) is 0.444. The van der Waals surface area contributed by atoms with Crippen molar-refractivity contribution in [2.45, 2.75) is 20.0 Å². The van der Waals surface area contributed by atoms with Crippen LogP contribution in [0.3, 0.4) is 0 Å². The summed E-state index contributed by atoms with van der Waals surface area (Å²) in [5, 5.41) is 9.44. The highest BCUT2D eigenvalue weighted by molar-refractivity contribution is 5.26. The zero-order chi connectivity index (χ0) is 9.14. The topological polar surface area (TPSA) is 59.1 Å². The van der Waals surface area contributed by atoms with E-state index in [1.807, 2.05) is 19.9 Å². The molecule has 1 atom stereocenters. The number of aliphatic hydroxyl groups is 1. The maximum absolute atomic E-state index is 9.44. The van der Waals surface area contributed by atoms with Crippen molar-refractivity contribution >= 4 is 0 Å². The first kappa shape index (κ1) is 9.16. The quantitative estimate of drug-likeness (QED) is 0.679. The molecule has 66 valence electrons. The largest absolute Gasteiger partial charge is 0.387 e. The highest BCUT2D eigenvalue weighted by atomic mass is 16.3. The molecule has 1 heterocycles. The highest BCUT2D eigenvalue weighted by Gasteiger charge is 2.07. The van der Waals surface area contributed by atoms with E-state index < -0.39 is 6.10 Å². The molecule has 1 unspecified atom stereocenters. The van der Waals surface area contributed by atoms with Crippen molar-refractivity contribution in [1.29, 1.82) is 0 Å². The van der Waals surface area contributed by atoms with E-state index >= 15 is 0 Å². The fourth-order valence-corrected chi connectivity index (χ4v) is 1.18. The molecule has 0 fully saturated rings.